The molecule has 0 aromatic carbocycles. The van der Waals surface area contributed by atoms with Gasteiger partial charge in [-0.15, -0.1) is 0 Å². The highest BCUT2D eigenvalue weighted by Crippen LogP contribution is 2.27. The summed E-state index contributed by atoms with van der Waals surface area (Å²) in [4.78, 5) is 13.5. The van der Waals surface area contributed by atoms with E-state index in [0.717, 1.165) is 0 Å². The maximum Gasteiger partial charge on any atom is 0.219 e. The van der Waals surface area contributed by atoms with Gasteiger partial charge in [0.2, 0.25) is 5.91 Å². The van der Waals surface area contributed by atoms with E-state index in [9.17, 15) is 4.79 Å². The summed E-state index contributed by atoms with van der Waals surface area (Å²) in [5.74, 6) is 0.831. The fourth-order valence-electron chi connectivity index (χ4n) is 2.43. The lowest BCUT2D eigenvalue weighted by Crippen LogP contribution is -2.50. The van der Waals surface area contributed by atoms with Crippen molar-refractivity contribution in [2.75, 3.05) is 0 Å². The first-order valence-corrected chi connectivity index (χ1v) is 5.33. The Balaban J connectivity index is 2.74. The predicted molar refractivity (Wildman–Crippen MR) is 54.5 cm³/mol. The van der Waals surface area contributed by atoms with E-state index >= 15 is 0 Å². The molecule has 1 amide bonds. The molecule has 2 atom stereocenters. The maximum absolute atomic E-state index is 11.4. The number of hydrogen-bond acceptors (Lipinski definition) is 1. The van der Waals surface area contributed by atoms with Crippen LogP contribution in [-0.4, -0.2) is 22.9 Å². The number of piperidine rings is 1. The van der Waals surface area contributed by atoms with Crippen molar-refractivity contribution in [3.05, 3.63) is 0 Å². The van der Waals surface area contributed by atoms with Gasteiger partial charge in [-0.2, -0.15) is 0 Å². The standard InChI is InChI=1S/C11H21NO/c1-8(2)11-7-5-6-9(3)12(11)10(4)13/h8-9,11H,5-7H2,1-4H3/t9-,11?/m1/s1. The third kappa shape index (κ3) is 2.23. The third-order valence-electron chi connectivity index (χ3n) is 3.09. The lowest BCUT2D eigenvalue weighted by Gasteiger charge is -2.42. The van der Waals surface area contributed by atoms with E-state index in [0.29, 0.717) is 18.0 Å². The Morgan fingerprint density at radius 1 is 1.38 bits per heavy atom. The van der Waals surface area contributed by atoms with Crippen LogP contribution in [0.4, 0.5) is 0 Å². The van der Waals surface area contributed by atoms with Gasteiger partial charge in [-0.3, -0.25) is 4.79 Å². The van der Waals surface area contributed by atoms with Gasteiger partial charge in [0.05, 0.1) is 0 Å². The molecule has 1 fully saturated rings. The molecule has 0 radical (unpaired) electrons. The predicted octanol–water partition coefficient (Wildman–Crippen LogP) is 2.43. The van der Waals surface area contributed by atoms with Crippen LogP contribution in [0.5, 0.6) is 0 Å². The van der Waals surface area contributed by atoms with Gasteiger partial charge in [-0.1, -0.05) is 13.8 Å². The molecule has 0 aromatic rings. The Labute approximate surface area is 81.3 Å². The highest BCUT2D eigenvalue weighted by molar-refractivity contribution is 5.74. The first kappa shape index (κ1) is 10.6. The van der Waals surface area contributed by atoms with Gasteiger partial charge >= 0.3 is 0 Å². The number of carbonyl (C=O) groups excluding carboxylic acids is 1. The van der Waals surface area contributed by atoms with Gasteiger partial charge < -0.3 is 4.90 Å². The van der Waals surface area contributed by atoms with Gasteiger partial charge in [0.1, 0.15) is 0 Å². The van der Waals surface area contributed by atoms with Crippen LogP contribution in [0, 0.1) is 5.92 Å². The van der Waals surface area contributed by atoms with Gasteiger partial charge in [0.15, 0.2) is 0 Å². The molecule has 1 aliphatic heterocycles. The van der Waals surface area contributed by atoms with Crippen LogP contribution in [0.1, 0.15) is 47.0 Å². The van der Waals surface area contributed by atoms with E-state index in [1.807, 2.05) is 0 Å². The van der Waals surface area contributed by atoms with Crippen LogP contribution >= 0.6 is 0 Å². The van der Waals surface area contributed by atoms with Gasteiger partial charge in [0, 0.05) is 19.0 Å². The summed E-state index contributed by atoms with van der Waals surface area (Å²) in [7, 11) is 0. The SMILES string of the molecule is CC(=O)N1C(C(C)C)CCC[C@H]1C. The van der Waals surface area contributed by atoms with Gasteiger partial charge in [-0.05, 0) is 32.1 Å². The lowest BCUT2D eigenvalue weighted by atomic mass is 9.89. The molecule has 1 rings (SSSR count). The van der Waals surface area contributed by atoms with Crippen LogP contribution in [0.25, 0.3) is 0 Å². The number of likely N-dealkylation sites (tertiary alicyclic amines) is 1. The minimum Gasteiger partial charge on any atom is -0.337 e. The van der Waals surface area contributed by atoms with Crippen molar-refractivity contribution in [2.45, 2.75) is 59.0 Å². The van der Waals surface area contributed by atoms with E-state index in [1.165, 1.54) is 19.3 Å². The normalized spacial score (nSPS) is 29.5. The molecular formula is C11H21NO. The minimum absolute atomic E-state index is 0.242. The van der Waals surface area contributed by atoms with Crippen LogP contribution < -0.4 is 0 Å². The average Bonchev–Trinajstić information content (AvgIpc) is 2.02. The molecule has 0 N–H and O–H groups in total. The molecule has 0 bridgehead atoms. The molecule has 2 heteroatoms. The lowest BCUT2D eigenvalue weighted by molar-refractivity contribution is -0.136. The zero-order chi connectivity index (χ0) is 10.0. The van der Waals surface area contributed by atoms with Crippen LogP contribution in [0.2, 0.25) is 0 Å². The van der Waals surface area contributed by atoms with Crippen molar-refractivity contribution in [3.8, 4) is 0 Å². The Kier molecular flexibility index (Phi) is 3.34. The summed E-state index contributed by atoms with van der Waals surface area (Å²) in [6, 6.07) is 0.917. The number of carbonyl (C=O) groups is 1. The summed E-state index contributed by atoms with van der Waals surface area (Å²) in [5.41, 5.74) is 0. The van der Waals surface area contributed by atoms with Crippen molar-refractivity contribution < 1.29 is 4.79 Å². The largest absolute Gasteiger partial charge is 0.337 e. The van der Waals surface area contributed by atoms with E-state index in [2.05, 4.69) is 25.7 Å². The first-order chi connectivity index (χ1) is 6.04. The highest BCUT2D eigenvalue weighted by Gasteiger charge is 2.31. The monoisotopic (exact) mass is 183 g/mol. The first-order valence-electron chi connectivity index (χ1n) is 5.33. The summed E-state index contributed by atoms with van der Waals surface area (Å²) < 4.78 is 0. The smallest absolute Gasteiger partial charge is 0.219 e. The molecule has 1 aliphatic rings. The average molecular weight is 183 g/mol. The second-order valence-corrected chi connectivity index (χ2v) is 4.52. The molecule has 1 unspecified atom stereocenters. The van der Waals surface area contributed by atoms with E-state index in [4.69, 9.17) is 0 Å². The fraction of sp³-hybridized carbons (Fsp3) is 0.909. The molecule has 76 valence electrons. The van der Waals surface area contributed by atoms with Crippen LogP contribution in [0.3, 0.4) is 0 Å². The Hall–Kier alpha value is -0.530. The zero-order valence-corrected chi connectivity index (χ0v) is 9.21. The second kappa shape index (κ2) is 4.12. The van der Waals surface area contributed by atoms with Crippen molar-refractivity contribution in [2.24, 2.45) is 5.92 Å². The van der Waals surface area contributed by atoms with E-state index < -0.39 is 0 Å². The van der Waals surface area contributed by atoms with Gasteiger partial charge in [0.25, 0.3) is 0 Å². The molecule has 0 aliphatic carbocycles. The molecular weight excluding hydrogens is 162 g/mol. The Morgan fingerprint density at radius 3 is 2.38 bits per heavy atom. The quantitative estimate of drug-likeness (QED) is 0.611. The molecule has 13 heavy (non-hydrogen) atoms. The second-order valence-electron chi connectivity index (χ2n) is 4.52. The molecule has 1 heterocycles. The Bertz CT molecular complexity index is 189. The summed E-state index contributed by atoms with van der Waals surface area (Å²) in [6.07, 6.45) is 3.62. The van der Waals surface area contributed by atoms with E-state index in [1.54, 1.807) is 6.92 Å². The van der Waals surface area contributed by atoms with Crippen molar-refractivity contribution in [1.82, 2.24) is 4.90 Å². The van der Waals surface area contributed by atoms with Crippen molar-refractivity contribution >= 4 is 5.91 Å². The summed E-state index contributed by atoms with van der Waals surface area (Å²) in [5, 5.41) is 0. The van der Waals surface area contributed by atoms with E-state index in [-0.39, 0.29) is 5.91 Å². The summed E-state index contributed by atoms with van der Waals surface area (Å²) in [6.45, 7) is 8.27. The third-order valence-corrected chi connectivity index (χ3v) is 3.09. The molecule has 1 saturated heterocycles. The maximum atomic E-state index is 11.4. The number of hydrogen-bond donors (Lipinski definition) is 0. The number of nitrogens with zero attached hydrogens (tertiary/aromatic N) is 1. The van der Waals surface area contributed by atoms with Gasteiger partial charge in [-0.25, -0.2) is 0 Å². The molecule has 0 spiro atoms. The molecule has 0 aromatic heterocycles. The van der Waals surface area contributed by atoms with Crippen molar-refractivity contribution in [3.63, 3.8) is 0 Å². The topological polar surface area (TPSA) is 20.3 Å². The van der Waals surface area contributed by atoms with Crippen LogP contribution in [-0.2, 0) is 4.79 Å². The Morgan fingerprint density at radius 2 is 2.00 bits per heavy atom. The number of rotatable bonds is 1. The molecule has 0 saturated carbocycles. The summed E-state index contributed by atoms with van der Waals surface area (Å²) >= 11 is 0. The van der Waals surface area contributed by atoms with Crippen molar-refractivity contribution in [1.29, 1.82) is 0 Å². The zero-order valence-electron chi connectivity index (χ0n) is 9.21. The molecule has 2 nitrogen and oxygen atoms in total. The van der Waals surface area contributed by atoms with Crippen LogP contribution in [0.15, 0.2) is 0 Å². The number of amides is 1. The fourth-order valence-corrected chi connectivity index (χ4v) is 2.43. The minimum atomic E-state index is 0.242. The highest BCUT2D eigenvalue weighted by atomic mass is 16.2.